The van der Waals surface area contributed by atoms with Crippen molar-refractivity contribution in [2.45, 2.75) is 11.8 Å². The molecular formula is C11H12O4S. The monoisotopic (exact) mass is 240 g/mol. The molecule has 0 aromatic heterocycles. The van der Waals surface area contributed by atoms with E-state index in [-0.39, 0.29) is 21.8 Å². The molecule has 0 saturated heterocycles. The second kappa shape index (κ2) is 4.11. The summed E-state index contributed by atoms with van der Waals surface area (Å²) in [6, 6.07) is 2.74. The zero-order valence-corrected chi connectivity index (χ0v) is 9.58. The van der Waals surface area contributed by atoms with Crippen LogP contribution in [0.5, 0.6) is 0 Å². The molecule has 1 aromatic rings. The van der Waals surface area contributed by atoms with E-state index in [2.05, 4.69) is 13.2 Å². The number of aryl methyl sites for hydroxylation is 1. The molecule has 16 heavy (non-hydrogen) atoms. The van der Waals surface area contributed by atoms with E-state index < -0.39 is 10.1 Å². The third kappa shape index (κ3) is 2.15. The zero-order valence-electron chi connectivity index (χ0n) is 8.77. The lowest BCUT2D eigenvalue weighted by atomic mass is 10.0. The van der Waals surface area contributed by atoms with Crippen LogP contribution in [0.25, 0.3) is 11.8 Å². The summed E-state index contributed by atoms with van der Waals surface area (Å²) in [6.45, 7) is 8.50. The average Bonchev–Trinajstić information content (AvgIpc) is 2.14. The van der Waals surface area contributed by atoms with Crippen LogP contribution in [0.3, 0.4) is 0 Å². The van der Waals surface area contributed by atoms with E-state index in [1.54, 1.807) is 6.92 Å². The third-order valence-electron chi connectivity index (χ3n) is 2.18. The summed E-state index contributed by atoms with van der Waals surface area (Å²) in [6.07, 6.45) is 1.26. The van der Waals surface area contributed by atoms with E-state index >= 15 is 0 Å². The minimum absolute atomic E-state index is 0.148. The van der Waals surface area contributed by atoms with E-state index in [0.29, 0.717) is 5.56 Å². The molecule has 86 valence electrons. The van der Waals surface area contributed by atoms with Crippen LogP contribution in [0.1, 0.15) is 16.7 Å². The van der Waals surface area contributed by atoms with E-state index in [9.17, 15) is 13.5 Å². The molecular weight excluding hydrogens is 228 g/mol. The predicted molar refractivity (Wildman–Crippen MR) is 62.7 cm³/mol. The van der Waals surface area contributed by atoms with Crippen molar-refractivity contribution in [3.05, 3.63) is 42.0 Å². The SMILES string of the molecule is C=Cc1c(S(=O)(=O)O)ccc(C)c1C(=C)O. The number of hydrogen-bond donors (Lipinski definition) is 2. The van der Waals surface area contributed by atoms with Crippen LogP contribution in [0.4, 0.5) is 0 Å². The first kappa shape index (κ1) is 12.5. The summed E-state index contributed by atoms with van der Waals surface area (Å²) < 4.78 is 31.2. The molecule has 1 aromatic carbocycles. The lowest BCUT2D eigenvalue weighted by Crippen LogP contribution is -2.04. The van der Waals surface area contributed by atoms with Crippen LogP contribution in [-0.4, -0.2) is 18.1 Å². The van der Waals surface area contributed by atoms with Crippen molar-refractivity contribution in [1.82, 2.24) is 0 Å². The number of benzene rings is 1. The molecule has 0 fully saturated rings. The van der Waals surface area contributed by atoms with Gasteiger partial charge in [-0.05, 0) is 18.6 Å². The quantitative estimate of drug-likeness (QED) is 0.628. The number of aliphatic hydroxyl groups excluding tert-OH is 1. The minimum Gasteiger partial charge on any atom is -0.508 e. The van der Waals surface area contributed by atoms with Crippen LogP contribution in [0.2, 0.25) is 0 Å². The van der Waals surface area contributed by atoms with Gasteiger partial charge in [-0.25, -0.2) is 0 Å². The van der Waals surface area contributed by atoms with Crippen molar-refractivity contribution in [2.24, 2.45) is 0 Å². The second-order valence-electron chi connectivity index (χ2n) is 3.30. The van der Waals surface area contributed by atoms with E-state index in [4.69, 9.17) is 4.55 Å². The maximum Gasteiger partial charge on any atom is 0.295 e. The number of aliphatic hydroxyl groups is 1. The van der Waals surface area contributed by atoms with Crippen molar-refractivity contribution in [2.75, 3.05) is 0 Å². The highest BCUT2D eigenvalue weighted by Gasteiger charge is 2.19. The van der Waals surface area contributed by atoms with Gasteiger partial charge in [0.15, 0.2) is 0 Å². The lowest BCUT2D eigenvalue weighted by molar-refractivity contribution is 0.482. The van der Waals surface area contributed by atoms with E-state index in [1.165, 1.54) is 18.2 Å². The van der Waals surface area contributed by atoms with Gasteiger partial charge in [0, 0.05) is 11.1 Å². The molecule has 0 saturated carbocycles. The Hall–Kier alpha value is -1.59. The van der Waals surface area contributed by atoms with E-state index in [0.717, 1.165) is 0 Å². The molecule has 0 radical (unpaired) electrons. The molecule has 0 bridgehead atoms. The highest BCUT2D eigenvalue weighted by Crippen LogP contribution is 2.27. The van der Waals surface area contributed by atoms with Gasteiger partial charge in [-0.15, -0.1) is 0 Å². The Morgan fingerprint density at radius 2 is 2.00 bits per heavy atom. The topological polar surface area (TPSA) is 74.6 Å². The van der Waals surface area contributed by atoms with Crippen LogP contribution < -0.4 is 0 Å². The Labute approximate surface area is 94.3 Å². The first-order valence-electron chi connectivity index (χ1n) is 4.40. The van der Waals surface area contributed by atoms with Gasteiger partial charge in [-0.3, -0.25) is 4.55 Å². The van der Waals surface area contributed by atoms with Crippen molar-refractivity contribution in [1.29, 1.82) is 0 Å². The first-order valence-corrected chi connectivity index (χ1v) is 5.84. The van der Waals surface area contributed by atoms with Crippen LogP contribution in [-0.2, 0) is 10.1 Å². The van der Waals surface area contributed by atoms with Gasteiger partial charge in [0.05, 0.1) is 0 Å². The molecule has 1 rings (SSSR count). The normalized spacial score (nSPS) is 11.1. The lowest BCUT2D eigenvalue weighted by Gasteiger charge is -2.11. The molecule has 0 amide bonds. The Balaban J connectivity index is 3.76. The van der Waals surface area contributed by atoms with Gasteiger partial charge < -0.3 is 5.11 Å². The summed E-state index contributed by atoms with van der Waals surface area (Å²) >= 11 is 0. The van der Waals surface area contributed by atoms with Gasteiger partial charge in [0.1, 0.15) is 10.7 Å². The standard InChI is InChI=1S/C11H12O4S/c1-4-9-10(16(13,14)15)6-5-7(2)11(9)8(3)12/h4-6,12H,1,3H2,2H3,(H,13,14,15). The number of hydrogen-bond acceptors (Lipinski definition) is 3. The van der Waals surface area contributed by atoms with Gasteiger partial charge in [0.25, 0.3) is 10.1 Å². The molecule has 0 spiro atoms. The molecule has 0 aliphatic rings. The average molecular weight is 240 g/mol. The summed E-state index contributed by atoms with van der Waals surface area (Å²) in [7, 11) is -4.34. The second-order valence-corrected chi connectivity index (χ2v) is 4.69. The van der Waals surface area contributed by atoms with Crippen LogP contribution in [0.15, 0.2) is 30.2 Å². The largest absolute Gasteiger partial charge is 0.508 e. The minimum atomic E-state index is -4.34. The Bertz CT molecular complexity index is 556. The summed E-state index contributed by atoms with van der Waals surface area (Å²) in [4.78, 5) is -0.293. The van der Waals surface area contributed by atoms with Gasteiger partial charge in [-0.2, -0.15) is 8.42 Å². The van der Waals surface area contributed by atoms with Gasteiger partial charge >= 0.3 is 0 Å². The molecule has 0 atom stereocenters. The fourth-order valence-electron chi connectivity index (χ4n) is 1.52. The molecule has 2 N–H and O–H groups in total. The molecule has 0 aliphatic heterocycles. The fraction of sp³-hybridized carbons (Fsp3) is 0.0909. The maximum absolute atomic E-state index is 11.1. The van der Waals surface area contributed by atoms with Crippen LogP contribution >= 0.6 is 0 Å². The Morgan fingerprint density at radius 1 is 1.44 bits per heavy atom. The maximum atomic E-state index is 11.1. The third-order valence-corrected chi connectivity index (χ3v) is 3.10. The van der Waals surface area contributed by atoms with Crippen molar-refractivity contribution in [3.63, 3.8) is 0 Å². The highest BCUT2D eigenvalue weighted by atomic mass is 32.2. The van der Waals surface area contributed by atoms with Gasteiger partial charge in [0.2, 0.25) is 0 Å². The molecule has 0 aliphatic carbocycles. The highest BCUT2D eigenvalue weighted by molar-refractivity contribution is 7.85. The summed E-state index contributed by atoms with van der Waals surface area (Å²) in [5.41, 5.74) is 1.06. The van der Waals surface area contributed by atoms with E-state index in [1.807, 2.05) is 0 Å². The van der Waals surface area contributed by atoms with Crippen LogP contribution in [0, 0.1) is 6.92 Å². The molecule has 4 nitrogen and oxygen atoms in total. The first-order chi connectivity index (χ1) is 7.29. The number of rotatable bonds is 3. The summed E-state index contributed by atoms with van der Waals surface area (Å²) in [5, 5.41) is 9.39. The van der Waals surface area contributed by atoms with Crippen molar-refractivity contribution >= 4 is 22.0 Å². The molecule has 0 heterocycles. The fourth-order valence-corrected chi connectivity index (χ4v) is 2.22. The molecule has 5 heteroatoms. The zero-order chi connectivity index (χ0) is 12.5. The van der Waals surface area contributed by atoms with Crippen molar-refractivity contribution in [3.8, 4) is 0 Å². The van der Waals surface area contributed by atoms with Gasteiger partial charge in [-0.1, -0.05) is 25.3 Å². The van der Waals surface area contributed by atoms with Crippen molar-refractivity contribution < 1.29 is 18.1 Å². The molecule has 0 unspecified atom stereocenters. The smallest absolute Gasteiger partial charge is 0.295 e. The predicted octanol–water partition coefficient (Wildman–Crippen LogP) is 2.41. The Kier molecular flexibility index (Phi) is 3.21. The Morgan fingerprint density at radius 3 is 2.38 bits per heavy atom. The summed E-state index contributed by atoms with van der Waals surface area (Å²) in [5.74, 6) is -0.266.